The number of methoxy groups -OCH3 is 2. The third-order valence-electron chi connectivity index (χ3n) is 7.41. The fraction of sp³-hybridized carbons (Fsp3) is 0.714. The zero-order valence-corrected chi connectivity index (χ0v) is 25.0. The van der Waals surface area contributed by atoms with Gasteiger partial charge in [0, 0.05) is 26.2 Å². The lowest BCUT2D eigenvalue weighted by molar-refractivity contribution is -0.0156. The Morgan fingerprint density at radius 3 is 1.74 bits per heavy atom. The van der Waals surface area contributed by atoms with E-state index < -0.39 is 23.9 Å². The highest BCUT2D eigenvalue weighted by Gasteiger charge is 2.52. The lowest BCUT2D eigenvalue weighted by atomic mass is 9.78. The van der Waals surface area contributed by atoms with Crippen LogP contribution >= 0.6 is 0 Å². The largest absolute Gasteiger partial charge is 0.496 e. The molecule has 2 amide bonds. The minimum atomic E-state index is -0.621. The summed E-state index contributed by atoms with van der Waals surface area (Å²) in [5.74, 6) is 0.537. The maximum absolute atomic E-state index is 13.6. The highest BCUT2D eigenvalue weighted by Crippen LogP contribution is 2.38. The van der Waals surface area contributed by atoms with Crippen molar-refractivity contribution >= 4 is 24.6 Å². The second kappa shape index (κ2) is 10.6. The monoisotopic (exact) mass is 532 g/mol. The molecule has 1 aromatic rings. The average Bonchev–Trinajstić information content (AvgIpc) is 3.02. The molecular formula is C28H45BN2O7. The Morgan fingerprint density at radius 2 is 1.32 bits per heavy atom. The standard InChI is InChI=1S/C28H45BN2O7/c1-25(2,3)18-26(4,5)36-24(33)31-14-12-30(13-15-31)23(32)22-20(34-10)16-19(17-21(22)35-11)29-37-27(6,7)28(8,9)38-29/h16-17H,12-15,18H2,1-11H3. The first kappa shape index (κ1) is 30.1. The number of amides is 2. The average molecular weight is 532 g/mol. The van der Waals surface area contributed by atoms with Gasteiger partial charge in [0.1, 0.15) is 22.7 Å². The Hall–Kier alpha value is -2.46. The summed E-state index contributed by atoms with van der Waals surface area (Å²) in [6, 6.07) is 3.53. The van der Waals surface area contributed by atoms with Crippen LogP contribution in [0.15, 0.2) is 12.1 Å². The first-order valence-electron chi connectivity index (χ1n) is 13.3. The van der Waals surface area contributed by atoms with Crippen molar-refractivity contribution in [3.8, 4) is 11.5 Å². The van der Waals surface area contributed by atoms with Crippen LogP contribution in [0.25, 0.3) is 0 Å². The van der Waals surface area contributed by atoms with Gasteiger partial charge in [0.25, 0.3) is 5.91 Å². The van der Waals surface area contributed by atoms with Gasteiger partial charge in [-0.05, 0) is 71.0 Å². The normalized spacial score (nSPS) is 19.4. The molecule has 0 unspecified atom stereocenters. The Labute approximate surface area is 228 Å². The van der Waals surface area contributed by atoms with Gasteiger partial charge < -0.3 is 33.3 Å². The Morgan fingerprint density at radius 1 is 0.868 bits per heavy atom. The van der Waals surface area contributed by atoms with Gasteiger partial charge in [-0.2, -0.15) is 0 Å². The zero-order valence-electron chi connectivity index (χ0n) is 25.0. The van der Waals surface area contributed by atoms with Crippen molar-refractivity contribution < 1.29 is 33.1 Å². The first-order chi connectivity index (χ1) is 17.4. The Bertz CT molecular complexity index is 999. The molecule has 0 radical (unpaired) electrons. The molecule has 2 saturated heterocycles. The number of hydrogen-bond donors (Lipinski definition) is 0. The van der Waals surface area contributed by atoms with Crippen LogP contribution in [0, 0.1) is 5.41 Å². The smallest absolute Gasteiger partial charge is 0.495 e. The quantitative estimate of drug-likeness (QED) is 0.510. The number of rotatable bonds is 6. The number of ether oxygens (including phenoxy) is 3. The topological polar surface area (TPSA) is 86.8 Å². The van der Waals surface area contributed by atoms with Crippen molar-refractivity contribution in [3.05, 3.63) is 17.7 Å². The van der Waals surface area contributed by atoms with Gasteiger partial charge in [-0.15, -0.1) is 0 Å². The van der Waals surface area contributed by atoms with Crippen LogP contribution in [0.3, 0.4) is 0 Å². The number of benzene rings is 1. The van der Waals surface area contributed by atoms with Crippen molar-refractivity contribution in [2.75, 3.05) is 40.4 Å². The second-order valence-corrected chi connectivity index (χ2v) is 13.0. The highest BCUT2D eigenvalue weighted by atomic mass is 16.7. The zero-order chi connectivity index (χ0) is 28.7. The summed E-state index contributed by atoms with van der Waals surface area (Å²) >= 11 is 0. The molecule has 1 aromatic carbocycles. The molecule has 2 heterocycles. The van der Waals surface area contributed by atoms with Crippen molar-refractivity contribution in [2.45, 2.75) is 85.5 Å². The SMILES string of the molecule is COc1cc(B2OC(C)(C)C(C)(C)O2)cc(OC)c1C(=O)N1CCN(C(=O)OC(C)(C)CC(C)(C)C)CC1. The van der Waals surface area contributed by atoms with Crippen molar-refractivity contribution in [1.29, 1.82) is 0 Å². The van der Waals surface area contributed by atoms with Gasteiger partial charge >= 0.3 is 13.2 Å². The summed E-state index contributed by atoms with van der Waals surface area (Å²) in [4.78, 5) is 29.8. The predicted molar refractivity (Wildman–Crippen MR) is 147 cm³/mol. The van der Waals surface area contributed by atoms with Crippen molar-refractivity contribution in [2.24, 2.45) is 5.41 Å². The van der Waals surface area contributed by atoms with Crippen LogP contribution in [0.5, 0.6) is 11.5 Å². The van der Waals surface area contributed by atoms with Crippen LogP contribution in [-0.4, -0.2) is 86.1 Å². The summed E-state index contributed by atoms with van der Waals surface area (Å²) in [7, 11) is 2.42. The van der Waals surface area contributed by atoms with E-state index in [1.165, 1.54) is 14.2 Å². The maximum Gasteiger partial charge on any atom is 0.495 e. The van der Waals surface area contributed by atoms with Crippen LogP contribution < -0.4 is 14.9 Å². The van der Waals surface area contributed by atoms with Crippen molar-refractivity contribution in [3.63, 3.8) is 0 Å². The van der Waals surface area contributed by atoms with Gasteiger partial charge in [0.2, 0.25) is 0 Å². The molecule has 0 atom stereocenters. The molecule has 0 spiro atoms. The molecule has 0 bridgehead atoms. The molecule has 0 aliphatic carbocycles. The fourth-order valence-corrected chi connectivity index (χ4v) is 5.12. The van der Waals surface area contributed by atoms with E-state index >= 15 is 0 Å². The minimum absolute atomic E-state index is 0.0327. The predicted octanol–water partition coefficient (Wildman–Crippen LogP) is 4.11. The van der Waals surface area contributed by atoms with Crippen LogP contribution in [-0.2, 0) is 14.0 Å². The third kappa shape index (κ3) is 6.57. The lowest BCUT2D eigenvalue weighted by Crippen LogP contribution is -2.52. The Kier molecular flexibility index (Phi) is 8.40. The summed E-state index contributed by atoms with van der Waals surface area (Å²) in [6.45, 7) is 19.7. The molecule has 9 nitrogen and oxygen atoms in total. The van der Waals surface area contributed by atoms with E-state index in [0.29, 0.717) is 48.7 Å². The molecule has 10 heteroatoms. The summed E-state index contributed by atoms with van der Waals surface area (Å²) < 4.78 is 29.5. The highest BCUT2D eigenvalue weighted by molar-refractivity contribution is 6.62. The Balaban J connectivity index is 1.73. The van der Waals surface area contributed by atoms with Gasteiger partial charge in [0.05, 0.1) is 25.4 Å². The molecule has 2 aliphatic heterocycles. The molecule has 3 rings (SSSR count). The fourth-order valence-electron chi connectivity index (χ4n) is 5.12. The third-order valence-corrected chi connectivity index (χ3v) is 7.41. The van der Waals surface area contributed by atoms with E-state index in [2.05, 4.69) is 20.8 Å². The van der Waals surface area contributed by atoms with Gasteiger partial charge in [-0.1, -0.05) is 20.8 Å². The first-order valence-corrected chi connectivity index (χ1v) is 13.3. The van der Waals surface area contributed by atoms with E-state index in [4.69, 9.17) is 23.5 Å². The molecule has 212 valence electrons. The molecule has 0 saturated carbocycles. The number of carbonyl (C=O) groups is 2. The summed E-state index contributed by atoms with van der Waals surface area (Å²) in [5.41, 5.74) is -0.519. The van der Waals surface area contributed by atoms with Gasteiger partial charge in [0.15, 0.2) is 0 Å². The van der Waals surface area contributed by atoms with E-state index in [1.807, 2.05) is 41.5 Å². The molecule has 0 N–H and O–H groups in total. The van der Waals surface area contributed by atoms with E-state index in [0.717, 1.165) is 6.42 Å². The number of nitrogens with zero attached hydrogens (tertiary/aromatic N) is 2. The molecule has 0 aromatic heterocycles. The number of piperazine rings is 1. The van der Waals surface area contributed by atoms with Crippen LogP contribution in [0.1, 0.15) is 79.1 Å². The van der Waals surface area contributed by atoms with Crippen LogP contribution in [0.4, 0.5) is 4.79 Å². The van der Waals surface area contributed by atoms with E-state index in [9.17, 15) is 9.59 Å². The molecular weight excluding hydrogens is 487 g/mol. The molecule has 2 aliphatic rings. The summed E-state index contributed by atoms with van der Waals surface area (Å²) in [5, 5.41) is 0. The van der Waals surface area contributed by atoms with E-state index in [-0.39, 0.29) is 17.4 Å². The molecule has 2 fully saturated rings. The number of hydrogen-bond acceptors (Lipinski definition) is 7. The van der Waals surface area contributed by atoms with Gasteiger partial charge in [-0.25, -0.2) is 4.79 Å². The minimum Gasteiger partial charge on any atom is -0.496 e. The lowest BCUT2D eigenvalue weighted by Gasteiger charge is -2.38. The second-order valence-electron chi connectivity index (χ2n) is 13.0. The van der Waals surface area contributed by atoms with Crippen LogP contribution in [0.2, 0.25) is 0 Å². The maximum atomic E-state index is 13.6. The van der Waals surface area contributed by atoms with E-state index in [1.54, 1.807) is 21.9 Å². The summed E-state index contributed by atoms with van der Waals surface area (Å²) in [6.07, 6.45) is 0.388. The molecule has 38 heavy (non-hydrogen) atoms. The van der Waals surface area contributed by atoms with Gasteiger partial charge in [-0.3, -0.25) is 4.79 Å². The van der Waals surface area contributed by atoms with Crippen molar-refractivity contribution in [1.82, 2.24) is 9.80 Å². The number of carbonyl (C=O) groups excluding carboxylic acids is 2.